The number of rotatable bonds is 3. The maximum Gasteiger partial charge on any atom is 0.176 e. The Bertz CT molecular complexity index is 637. The smallest absolute Gasteiger partial charge is 0.176 e. The lowest BCUT2D eigenvalue weighted by Gasteiger charge is -2.07. The monoisotopic (exact) mass is 242 g/mol. The van der Waals surface area contributed by atoms with Crippen molar-refractivity contribution in [3.05, 3.63) is 59.2 Å². The van der Waals surface area contributed by atoms with Crippen molar-refractivity contribution in [2.75, 3.05) is 0 Å². The number of hydrogen-bond donors (Lipinski definition) is 0. The van der Waals surface area contributed by atoms with E-state index in [9.17, 15) is 9.18 Å². The van der Waals surface area contributed by atoms with Crippen LogP contribution in [0.4, 0.5) is 4.39 Å². The van der Waals surface area contributed by atoms with Crippen LogP contribution in [-0.4, -0.2) is 10.4 Å². The number of aromatic nitrogens is 1. The van der Waals surface area contributed by atoms with Crippen LogP contribution in [0.1, 0.15) is 28.5 Å². The molecule has 0 unspecified atom stereocenters. The molecule has 0 spiro atoms. The standard InChI is InChI=1S/C14H11FN2O/c1-10(18)14-3-2-4-17(14)9-12-5-11(8-16)6-13(15)7-12/h2-7H,9H2,1H3. The number of ketones is 1. The number of benzene rings is 1. The maximum atomic E-state index is 13.3. The zero-order valence-corrected chi connectivity index (χ0v) is 9.85. The fourth-order valence-electron chi connectivity index (χ4n) is 1.87. The zero-order valence-electron chi connectivity index (χ0n) is 9.85. The summed E-state index contributed by atoms with van der Waals surface area (Å²) in [5.74, 6) is -0.488. The molecule has 0 radical (unpaired) electrons. The molecule has 2 aromatic rings. The third-order valence-electron chi connectivity index (χ3n) is 2.63. The normalized spacial score (nSPS) is 10.1. The summed E-state index contributed by atoms with van der Waals surface area (Å²) in [5.41, 5.74) is 1.50. The fraction of sp³-hybridized carbons (Fsp3) is 0.143. The Morgan fingerprint density at radius 1 is 1.44 bits per heavy atom. The van der Waals surface area contributed by atoms with Crippen LogP contribution in [0.15, 0.2) is 36.5 Å². The molecule has 0 N–H and O–H groups in total. The summed E-state index contributed by atoms with van der Waals surface area (Å²) < 4.78 is 15.0. The molecular weight excluding hydrogens is 231 g/mol. The lowest BCUT2D eigenvalue weighted by molar-refractivity contribution is 0.100. The molecule has 3 nitrogen and oxygen atoms in total. The van der Waals surface area contributed by atoms with Gasteiger partial charge in [0.2, 0.25) is 0 Å². The van der Waals surface area contributed by atoms with Gasteiger partial charge in [0.05, 0.1) is 17.3 Å². The van der Waals surface area contributed by atoms with Gasteiger partial charge >= 0.3 is 0 Å². The SMILES string of the molecule is CC(=O)c1cccn1Cc1cc(F)cc(C#N)c1. The van der Waals surface area contributed by atoms with Gasteiger partial charge in [0.1, 0.15) is 5.82 Å². The first-order valence-corrected chi connectivity index (χ1v) is 5.46. The number of nitrogens with zero attached hydrogens (tertiary/aromatic N) is 2. The second-order valence-electron chi connectivity index (χ2n) is 4.04. The van der Waals surface area contributed by atoms with E-state index in [-0.39, 0.29) is 11.3 Å². The van der Waals surface area contributed by atoms with Crippen LogP contribution >= 0.6 is 0 Å². The minimum Gasteiger partial charge on any atom is -0.341 e. The van der Waals surface area contributed by atoms with Crippen LogP contribution < -0.4 is 0 Å². The van der Waals surface area contributed by atoms with Crippen molar-refractivity contribution in [3.63, 3.8) is 0 Å². The predicted octanol–water partition coefficient (Wildman–Crippen LogP) is 2.75. The number of hydrogen-bond acceptors (Lipinski definition) is 2. The van der Waals surface area contributed by atoms with E-state index in [4.69, 9.17) is 5.26 Å². The average Bonchev–Trinajstić information content (AvgIpc) is 2.76. The molecule has 18 heavy (non-hydrogen) atoms. The van der Waals surface area contributed by atoms with Crippen LogP contribution in [0, 0.1) is 17.1 Å². The molecule has 0 fully saturated rings. The Morgan fingerprint density at radius 2 is 2.22 bits per heavy atom. The quantitative estimate of drug-likeness (QED) is 0.777. The molecule has 2 rings (SSSR count). The second kappa shape index (κ2) is 4.84. The van der Waals surface area contributed by atoms with E-state index >= 15 is 0 Å². The van der Waals surface area contributed by atoms with E-state index in [0.717, 1.165) is 0 Å². The van der Waals surface area contributed by atoms with Crippen LogP contribution in [0.2, 0.25) is 0 Å². The van der Waals surface area contributed by atoms with Gasteiger partial charge in [0.15, 0.2) is 5.78 Å². The Hall–Kier alpha value is -2.41. The average molecular weight is 242 g/mol. The Labute approximate surface area is 104 Å². The fourth-order valence-corrected chi connectivity index (χ4v) is 1.87. The summed E-state index contributed by atoms with van der Waals surface area (Å²) in [5, 5.41) is 8.78. The van der Waals surface area contributed by atoms with E-state index in [1.54, 1.807) is 29.0 Å². The Kier molecular flexibility index (Phi) is 3.24. The van der Waals surface area contributed by atoms with Gasteiger partial charge in [-0.2, -0.15) is 5.26 Å². The maximum absolute atomic E-state index is 13.3. The van der Waals surface area contributed by atoms with Gasteiger partial charge in [-0.3, -0.25) is 4.79 Å². The topological polar surface area (TPSA) is 45.8 Å². The van der Waals surface area contributed by atoms with Crippen molar-refractivity contribution in [2.45, 2.75) is 13.5 Å². The van der Waals surface area contributed by atoms with E-state index in [1.807, 2.05) is 6.07 Å². The van der Waals surface area contributed by atoms with E-state index < -0.39 is 5.82 Å². The molecule has 90 valence electrons. The van der Waals surface area contributed by atoms with E-state index in [0.29, 0.717) is 17.8 Å². The highest BCUT2D eigenvalue weighted by Gasteiger charge is 2.07. The molecule has 0 bridgehead atoms. The summed E-state index contributed by atoms with van der Waals surface area (Å²) in [4.78, 5) is 11.4. The second-order valence-corrected chi connectivity index (χ2v) is 4.04. The first-order valence-electron chi connectivity index (χ1n) is 5.46. The lowest BCUT2D eigenvalue weighted by Crippen LogP contribution is -2.07. The first kappa shape index (κ1) is 12.1. The number of halogens is 1. The van der Waals surface area contributed by atoms with Crippen LogP contribution in [-0.2, 0) is 6.54 Å². The Balaban J connectivity index is 2.34. The molecule has 0 aliphatic rings. The molecule has 0 aliphatic heterocycles. The molecule has 4 heteroatoms. The van der Waals surface area contributed by atoms with Gasteiger partial charge in [-0.15, -0.1) is 0 Å². The van der Waals surface area contributed by atoms with E-state index in [1.165, 1.54) is 19.1 Å². The van der Waals surface area contributed by atoms with Crippen molar-refractivity contribution in [3.8, 4) is 6.07 Å². The van der Waals surface area contributed by atoms with Gasteiger partial charge in [-0.1, -0.05) is 0 Å². The van der Waals surface area contributed by atoms with Crippen LogP contribution in [0.3, 0.4) is 0 Å². The molecule has 0 amide bonds. The van der Waals surface area contributed by atoms with Crippen molar-refractivity contribution < 1.29 is 9.18 Å². The highest BCUT2D eigenvalue weighted by atomic mass is 19.1. The molecule has 1 heterocycles. The van der Waals surface area contributed by atoms with Gasteiger partial charge in [0, 0.05) is 19.7 Å². The summed E-state index contributed by atoms with van der Waals surface area (Å²) >= 11 is 0. The molecule has 0 saturated carbocycles. The number of carbonyl (C=O) groups is 1. The largest absolute Gasteiger partial charge is 0.341 e. The zero-order chi connectivity index (χ0) is 13.1. The highest BCUT2D eigenvalue weighted by molar-refractivity contribution is 5.92. The van der Waals surface area contributed by atoms with Gasteiger partial charge in [-0.25, -0.2) is 4.39 Å². The third kappa shape index (κ3) is 2.46. The minimum absolute atomic E-state index is 0.0445. The molecule has 0 aliphatic carbocycles. The molecule has 1 aromatic carbocycles. The van der Waals surface area contributed by atoms with Gasteiger partial charge in [-0.05, 0) is 35.9 Å². The summed E-state index contributed by atoms with van der Waals surface area (Å²) in [6.07, 6.45) is 1.76. The van der Waals surface area contributed by atoms with E-state index in [2.05, 4.69) is 0 Å². The van der Waals surface area contributed by atoms with Gasteiger partial charge < -0.3 is 4.57 Å². The number of carbonyl (C=O) groups excluding carboxylic acids is 1. The molecular formula is C14H11FN2O. The lowest BCUT2D eigenvalue weighted by atomic mass is 10.1. The molecule has 1 aromatic heterocycles. The summed E-state index contributed by atoms with van der Waals surface area (Å²) in [7, 11) is 0. The minimum atomic E-state index is -0.444. The summed E-state index contributed by atoms with van der Waals surface area (Å²) in [6, 6.07) is 9.56. The number of Topliss-reactive ketones (excluding diaryl/α,β-unsaturated/α-hetero) is 1. The van der Waals surface area contributed by atoms with Crippen LogP contribution in [0.25, 0.3) is 0 Å². The first-order chi connectivity index (χ1) is 8.60. The molecule has 0 atom stereocenters. The van der Waals surface area contributed by atoms with Crippen molar-refractivity contribution in [1.29, 1.82) is 5.26 Å². The van der Waals surface area contributed by atoms with Gasteiger partial charge in [0.25, 0.3) is 0 Å². The highest BCUT2D eigenvalue weighted by Crippen LogP contribution is 2.12. The van der Waals surface area contributed by atoms with Crippen LogP contribution in [0.5, 0.6) is 0 Å². The number of nitriles is 1. The van der Waals surface area contributed by atoms with Crippen molar-refractivity contribution in [2.24, 2.45) is 0 Å². The molecule has 0 saturated heterocycles. The van der Waals surface area contributed by atoms with Crippen molar-refractivity contribution in [1.82, 2.24) is 4.57 Å². The third-order valence-corrected chi connectivity index (χ3v) is 2.63. The Morgan fingerprint density at radius 3 is 2.89 bits per heavy atom. The summed E-state index contributed by atoms with van der Waals surface area (Å²) in [6.45, 7) is 1.85. The van der Waals surface area contributed by atoms with Crippen molar-refractivity contribution >= 4 is 5.78 Å². The predicted molar refractivity (Wildman–Crippen MR) is 64.7 cm³/mol.